The van der Waals surface area contributed by atoms with E-state index in [1.54, 1.807) is 13.3 Å². The van der Waals surface area contributed by atoms with Gasteiger partial charge in [-0.15, -0.1) is 0 Å². The van der Waals surface area contributed by atoms with Crippen LogP contribution >= 0.6 is 0 Å². The van der Waals surface area contributed by atoms with Gasteiger partial charge in [-0.2, -0.15) is 0 Å². The van der Waals surface area contributed by atoms with Crippen LogP contribution in [0.5, 0.6) is 5.75 Å². The summed E-state index contributed by atoms with van der Waals surface area (Å²) in [6, 6.07) is 7.41. The summed E-state index contributed by atoms with van der Waals surface area (Å²) in [5, 5.41) is 2.89. The van der Waals surface area contributed by atoms with E-state index in [9.17, 15) is 4.79 Å². The number of para-hydroxylation sites is 1. The van der Waals surface area contributed by atoms with Crippen LogP contribution in [0.15, 0.2) is 36.7 Å². The molecule has 20 heavy (non-hydrogen) atoms. The molecule has 0 aliphatic carbocycles. The van der Waals surface area contributed by atoms with Gasteiger partial charge in [-0.1, -0.05) is 18.2 Å². The first-order valence-corrected chi connectivity index (χ1v) is 6.34. The van der Waals surface area contributed by atoms with Gasteiger partial charge >= 0.3 is 0 Å². The van der Waals surface area contributed by atoms with Crippen molar-refractivity contribution in [2.75, 3.05) is 7.11 Å². The van der Waals surface area contributed by atoms with Crippen LogP contribution in [0.1, 0.15) is 34.7 Å². The van der Waals surface area contributed by atoms with E-state index < -0.39 is 0 Å². The number of ether oxygens (including phenoxy) is 1. The minimum atomic E-state index is -0.254. The first kappa shape index (κ1) is 14.0. The van der Waals surface area contributed by atoms with Gasteiger partial charge in [-0.25, -0.2) is 4.98 Å². The first-order valence-electron chi connectivity index (χ1n) is 6.34. The highest BCUT2D eigenvalue weighted by atomic mass is 16.5. The molecule has 1 heterocycles. The van der Waals surface area contributed by atoms with Crippen LogP contribution in [0.3, 0.4) is 0 Å². The number of methoxy groups -OCH3 is 1. The molecule has 0 bridgehead atoms. The third-order valence-corrected chi connectivity index (χ3v) is 2.97. The Kier molecular flexibility index (Phi) is 4.30. The van der Waals surface area contributed by atoms with Crippen molar-refractivity contribution in [3.8, 4) is 5.75 Å². The summed E-state index contributed by atoms with van der Waals surface area (Å²) >= 11 is 0. The summed E-state index contributed by atoms with van der Waals surface area (Å²) in [5.41, 5.74) is 2.00. The predicted molar refractivity (Wildman–Crippen MR) is 75.6 cm³/mol. The molecule has 1 N–H and O–H groups in total. The Hall–Kier alpha value is -2.43. The number of nitrogens with zero attached hydrogens (tertiary/aromatic N) is 2. The van der Waals surface area contributed by atoms with Crippen LogP contribution in [0, 0.1) is 6.92 Å². The van der Waals surface area contributed by atoms with E-state index in [2.05, 4.69) is 15.3 Å². The number of aryl methyl sites for hydroxylation is 1. The topological polar surface area (TPSA) is 64.1 Å². The zero-order chi connectivity index (χ0) is 14.5. The van der Waals surface area contributed by atoms with Crippen molar-refractivity contribution in [1.29, 1.82) is 0 Å². The SMILES string of the molecule is COc1ccccc1[C@H](C)NC(=O)c1cnc(C)cn1. The van der Waals surface area contributed by atoms with Crippen molar-refractivity contribution >= 4 is 5.91 Å². The molecule has 5 nitrogen and oxygen atoms in total. The molecule has 5 heteroatoms. The molecule has 104 valence electrons. The number of nitrogens with one attached hydrogen (secondary N) is 1. The van der Waals surface area contributed by atoms with Gasteiger partial charge in [0.05, 0.1) is 25.0 Å². The minimum Gasteiger partial charge on any atom is -0.496 e. The summed E-state index contributed by atoms with van der Waals surface area (Å²) < 4.78 is 5.29. The number of rotatable bonds is 4. The predicted octanol–water partition coefficient (Wildman–Crippen LogP) is 2.28. The lowest BCUT2D eigenvalue weighted by Crippen LogP contribution is -2.27. The third-order valence-electron chi connectivity index (χ3n) is 2.97. The molecule has 1 amide bonds. The molecular formula is C15H17N3O2. The second-order valence-corrected chi connectivity index (χ2v) is 4.48. The van der Waals surface area contributed by atoms with E-state index in [-0.39, 0.29) is 11.9 Å². The minimum absolute atomic E-state index is 0.179. The Morgan fingerprint density at radius 2 is 2.00 bits per heavy atom. The molecule has 1 aromatic carbocycles. The van der Waals surface area contributed by atoms with Crippen molar-refractivity contribution in [3.05, 3.63) is 53.6 Å². The van der Waals surface area contributed by atoms with Gasteiger partial charge in [0.15, 0.2) is 0 Å². The summed E-state index contributed by atoms with van der Waals surface area (Å²) in [5.74, 6) is 0.492. The highest BCUT2D eigenvalue weighted by Gasteiger charge is 2.15. The van der Waals surface area contributed by atoms with Gasteiger partial charge < -0.3 is 10.1 Å². The van der Waals surface area contributed by atoms with Crippen molar-refractivity contribution < 1.29 is 9.53 Å². The highest BCUT2D eigenvalue weighted by Crippen LogP contribution is 2.24. The van der Waals surface area contributed by atoms with E-state index in [4.69, 9.17) is 4.74 Å². The lowest BCUT2D eigenvalue weighted by Gasteiger charge is -2.16. The van der Waals surface area contributed by atoms with Gasteiger partial charge in [-0.3, -0.25) is 9.78 Å². The molecule has 0 aliphatic heterocycles. The maximum absolute atomic E-state index is 12.1. The number of carbonyl (C=O) groups excluding carboxylic acids is 1. The normalized spacial score (nSPS) is 11.8. The fourth-order valence-electron chi connectivity index (χ4n) is 1.88. The van der Waals surface area contributed by atoms with Crippen molar-refractivity contribution in [3.63, 3.8) is 0 Å². The van der Waals surface area contributed by atoms with Gasteiger partial charge in [0.2, 0.25) is 0 Å². The molecule has 2 aromatic rings. The van der Waals surface area contributed by atoms with Gasteiger partial charge in [0.25, 0.3) is 5.91 Å². The Balaban J connectivity index is 2.13. The van der Waals surface area contributed by atoms with Gasteiger partial charge in [0, 0.05) is 11.8 Å². The van der Waals surface area contributed by atoms with Gasteiger partial charge in [0.1, 0.15) is 11.4 Å². The van der Waals surface area contributed by atoms with E-state index in [0.717, 1.165) is 17.0 Å². The molecule has 0 saturated heterocycles. The van der Waals surface area contributed by atoms with Crippen LogP contribution in [-0.2, 0) is 0 Å². The second-order valence-electron chi connectivity index (χ2n) is 4.48. The number of hydrogen-bond donors (Lipinski definition) is 1. The summed E-state index contributed by atoms with van der Waals surface area (Å²) in [6.45, 7) is 3.73. The number of carbonyl (C=O) groups is 1. The van der Waals surface area contributed by atoms with Crippen molar-refractivity contribution in [2.24, 2.45) is 0 Å². The van der Waals surface area contributed by atoms with E-state index in [1.165, 1.54) is 6.20 Å². The number of benzene rings is 1. The average molecular weight is 271 g/mol. The van der Waals surface area contributed by atoms with E-state index in [0.29, 0.717) is 5.69 Å². The molecule has 0 fully saturated rings. The standard InChI is InChI=1S/C15H17N3O2/c1-10-8-17-13(9-16-10)15(19)18-11(2)12-6-4-5-7-14(12)20-3/h4-9,11H,1-3H3,(H,18,19)/t11-/m0/s1. The number of aromatic nitrogens is 2. The van der Waals surface area contributed by atoms with E-state index >= 15 is 0 Å². The van der Waals surface area contributed by atoms with Crippen LogP contribution in [0.25, 0.3) is 0 Å². The molecule has 0 saturated carbocycles. The zero-order valence-electron chi connectivity index (χ0n) is 11.8. The molecule has 0 aliphatic rings. The van der Waals surface area contributed by atoms with Crippen molar-refractivity contribution in [2.45, 2.75) is 19.9 Å². The number of amides is 1. The highest BCUT2D eigenvalue weighted by molar-refractivity contribution is 5.92. The molecule has 1 atom stereocenters. The largest absolute Gasteiger partial charge is 0.496 e. The molecule has 0 spiro atoms. The maximum atomic E-state index is 12.1. The lowest BCUT2D eigenvalue weighted by atomic mass is 10.1. The Morgan fingerprint density at radius 3 is 2.65 bits per heavy atom. The third kappa shape index (κ3) is 3.12. The van der Waals surface area contributed by atoms with Gasteiger partial charge in [-0.05, 0) is 19.9 Å². The van der Waals surface area contributed by atoms with E-state index in [1.807, 2.05) is 38.1 Å². The summed E-state index contributed by atoms with van der Waals surface area (Å²) in [4.78, 5) is 20.2. The second kappa shape index (κ2) is 6.14. The monoisotopic (exact) mass is 271 g/mol. The first-order chi connectivity index (χ1) is 9.61. The summed E-state index contributed by atoms with van der Waals surface area (Å²) in [6.07, 6.45) is 3.04. The summed E-state index contributed by atoms with van der Waals surface area (Å²) in [7, 11) is 1.61. The zero-order valence-corrected chi connectivity index (χ0v) is 11.8. The average Bonchev–Trinajstić information content (AvgIpc) is 2.47. The Labute approximate surface area is 118 Å². The quantitative estimate of drug-likeness (QED) is 0.926. The Bertz CT molecular complexity index is 596. The van der Waals surface area contributed by atoms with Crippen LogP contribution in [0.2, 0.25) is 0 Å². The fraction of sp³-hybridized carbons (Fsp3) is 0.267. The number of hydrogen-bond acceptors (Lipinski definition) is 4. The smallest absolute Gasteiger partial charge is 0.271 e. The van der Waals surface area contributed by atoms with Crippen LogP contribution in [0.4, 0.5) is 0 Å². The lowest BCUT2D eigenvalue weighted by molar-refractivity contribution is 0.0934. The molecule has 2 rings (SSSR count). The Morgan fingerprint density at radius 1 is 1.25 bits per heavy atom. The molecule has 0 unspecified atom stereocenters. The molecule has 0 radical (unpaired) electrons. The molecule has 1 aromatic heterocycles. The van der Waals surface area contributed by atoms with Crippen LogP contribution in [-0.4, -0.2) is 23.0 Å². The van der Waals surface area contributed by atoms with Crippen LogP contribution < -0.4 is 10.1 Å². The molecular weight excluding hydrogens is 254 g/mol. The fourth-order valence-corrected chi connectivity index (χ4v) is 1.88. The van der Waals surface area contributed by atoms with Crippen molar-refractivity contribution in [1.82, 2.24) is 15.3 Å². The maximum Gasteiger partial charge on any atom is 0.271 e.